The Kier molecular flexibility index (Phi) is 2.91. The van der Waals surface area contributed by atoms with Gasteiger partial charge >= 0.3 is 0 Å². The first kappa shape index (κ1) is 11.7. The first-order chi connectivity index (χ1) is 9.22. The van der Waals surface area contributed by atoms with Crippen molar-refractivity contribution in [2.75, 3.05) is 5.32 Å². The van der Waals surface area contributed by atoms with Gasteiger partial charge in [-0.2, -0.15) is 5.10 Å². The van der Waals surface area contributed by atoms with E-state index in [9.17, 15) is 4.39 Å². The monoisotopic (exact) mass is 255 g/mol. The molecule has 19 heavy (non-hydrogen) atoms. The van der Waals surface area contributed by atoms with Gasteiger partial charge in [0.1, 0.15) is 5.82 Å². The average molecular weight is 255 g/mol. The first-order valence-electron chi connectivity index (χ1n) is 6.17. The number of H-pyrrole nitrogens is 1. The van der Waals surface area contributed by atoms with Gasteiger partial charge in [-0.1, -0.05) is 12.1 Å². The lowest BCUT2D eigenvalue weighted by Crippen LogP contribution is -2.06. The van der Waals surface area contributed by atoms with Crippen LogP contribution in [0.2, 0.25) is 0 Å². The van der Waals surface area contributed by atoms with E-state index >= 15 is 0 Å². The highest BCUT2D eigenvalue weighted by atomic mass is 19.1. The van der Waals surface area contributed by atoms with E-state index in [1.54, 1.807) is 18.3 Å². The molecule has 0 radical (unpaired) electrons. The van der Waals surface area contributed by atoms with Crippen LogP contribution in [0.15, 0.2) is 48.7 Å². The van der Waals surface area contributed by atoms with Crippen molar-refractivity contribution in [3.8, 4) is 0 Å². The number of aromatic nitrogens is 2. The number of nitrogens with one attached hydrogen (secondary N) is 2. The highest BCUT2D eigenvalue weighted by Gasteiger charge is 2.06. The number of halogens is 1. The van der Waals surface area contributed by atoms with Crippen molar-refractivity contribution in [1.82, 2.24) is 10.2 Å². The van der Waals surface area contributed by atoms with Gasteiger partial charge in [0.15, 0.2) is 0 Å². The van der Waals surface area contributed by atoms with Crippen LogP contribution in [0.5, 0.6) is 0 Å². The van der Waals surface area contributed by atoms with Gasteiger partial charge in [0.05, 0.1) is 11.7 Å². The third-order valence-corrected chi connectivity index (χ3v) is 3.19. The summed E-state index contributed by atoms with van der Waals surface area (Å²) < 4.78 is 12.9. The van der Waals surface area contributed by atoms with Gasteiger partial charge in [-0.3, -0.25) is 5.10 Å². The Balaban J connectivity index is 1.81. The molecule has 1 heterocycles. The van der Waals surface area contributed by atoms with E-state index in [0.717, 1.165) is 22.2 Å². The van der Waals surface area contributed by atoms with Crippen molar-refractivity contribution in [1.29, 1.82) is 0 Å². The zero-order chi connectivity index (χ0) is 13.2. The smallest absolute Gasteiger partial charge is 0.123 e. The van der Waals surface area contributed by atoms with Crippen molar-refractivity contribution in [2.45, 2.75) is 13.0 Å². The Morgan fingerprint density at radius 1 is 1.16 bits per heavy atom. The predicted molar refractivity (Wildman–Crippen MR) is 74.5 cm³/mol. The molecule has 1 atom stereocenters. The molecule has 0 aliphatic carbocycles. The van der Waals surface area contributed by atoms with Crippen molar-refractivity contribution in [2.24, 2.45) is 0 Å². The fraction of sp³-hybridized carbons (Fsp3) is 0.133. The molecule has 2 aromatic carbocycles. The molecule has 0 fully saturated rings. The van der Waals surface area contributed by atoms with Gasteiger partial charge in [-0.25, -0.2) is 4.39 Å². The Labute approximate surface area is 110 Å². The lowest BCUT2D eigenvalue weighted by molar-refractivity contribution is 0.626. The summed E-state index contributed by atoms with van der Waals surface area (Å²) in [4.78, 5) is 0. The largest absolute Gasteiger partial charge is 0.379 e. The summed E-state index contributed by atoms with van der Waals surface area (Å²) in [7, 11) is 0. The van der Waals surface area contributed by atoms with Crippen LogP contribution < -0.4 is 5.32 Å². The SMILES string of the molecule is CC(Nc1ccc2[nH]ncc2c1)c1ccc(F)cc1. The van der Waals surface area contributed by atoms with Crippen LogP contribution in [0.1, 0.15) is 18.5 Å². The Hall–Kier alpha value is -2.36. The van der Waals surface area contributed by atoms with E-state index in [1.807, 2.05) is 25.1 Å². The van der Waals surface area contributed by atoms with E-state index in [4.69, 9.17) is 0 Å². The number of hydrogen-bond donors (Lipinski definition) is 2. The van der Waals surface area contributed by atoms with E-state index in [2.05, 4.69) is 15.5 Å². The normalized spacial score (nSPS) is 12.5. The molecule has 4 heteroatoms. The molecule has 0 bridgehead atoms. The van der Waals surface area contributed by atoms with Crippen LogP contribution in [-0.2, 0) is 0 Å². The van der Waals surface area contributed by atoms with Crippen LogP contribution in [0.25, 0.3) is 10.9 Å². The summed E-state index contributed by atoms with van der Waals surface area (Å²) in [6.07, 6.45) is 1.79. The molecule has 3 aromatic rings. The third-order valence-electron chi connectivity index (χ3n) is 3.19. The molecular formula is C15H14FN3. The third kappa shape index (κ3) is 2.42. The molecule has 0 saturated carbocycles. The summed E-state index contributed by atoms with van der Waals surface area (Å²) in [6, 6.07) is 12.7. The highest BCUT2D eigenvalue weighted by Crippen LogP contribution is 2.22. The summed E-state index contributed by atoms with van der Waals surface area (Å²) >= 11 is 0. The maximum atomic E-state index is 12.9. The Morgan fingerprint density at radius 3 is 2.74 bits per heavy atom. The zero-order valence-corrected chi connectivity index (χ0v) is 10.5. The van der Waals surface area contributed by atoms with Gasteiger partial charge in [-0.05, 0) is 42.8 Å². The molecular weight excluding hydrogens is 241 g/mol. The van der Waals surface area contributed by atoms with Crippen molar-refractivity contribution in [3.05, 3.63) is 60.0 Å². The minimum Gasteiger partial charge on any atom is -0.379 e. The number of benzene rings is 2. The van der Waals surface area contributed by atoms with Gasteiger partial charge < -0.3 is 5.32 Å². The quantitative estimate of drug-likeness (QED) is 0.745. The maximum Gasteiger partial charge on any atom is 0.123 e. The van der Waals surface area contributed by atoms with Crippen LogP contribution in [0.3, 0.4) is 0 Å². The van der Waals surface area contributed by atoms with Gasteiger partial charge in [0.25, 0.3) is 0 Å². The molecule has 3 nitrogen and oxygen atoms in total. The van der Waals surface area contributed by atoms with Crippen LogP contribution in [0, 0.1) is 5.82 Å². The minimum atomic E-state index is -0.212. The summed E-state index contributed by atoms with van der Waals surface area (Å²) in [5, 5.41) is 11.4. The fourth-order valence-corrected chi connectivity index (χ4v) is 2.12. The van der Waals surface area contributed by atoms with Crippen molar-refractivity contribution in [3.63, 3.8) is 0 Å². The van der Waals surface area contributed by atoms with E-state index in [1.165, 1.54) is 12.1 Å². The topological polar surface area (TPSA) is 40.7 Å². The number of nitrogens with zero attached hydrogens (tertiary/aromatic N) is 1. The number of fused-ring (bicyclic) bond motifs is 1. The lowest BCUT2D eigenvalue weighted by atomic mass is 10.1. The van der Waals surface area contributed by atoms with Gasteiger partial charge in [-0.15, -0.1) is 0 Å². The van der Waals surface area contributed by atoms with Crippen LogP contribution >= 0.6 is 0 Å². The number of anilines is 1. The first-order valence-corrected chi connectivity index (χ1v) is 6.17. The Morgan fingerprint density at radius 2 is 1.95 bits per heavy atom. The second kappa shape index (κ2) is 4.72. The molecule has 3 rings (SSSR count). The second-order valence-electron chi connectivity index (χ2n) is 4.59. The average Bonchev–Trinajstić information content (AvgIpc) is 2.87. The molecule has 0 aliphatic rings. The Bertz CT molecular complexity index is 688. The van der Waals surface area contributed by atoms with Crippen molar-refractivity contribution < 1.29 is 4.39 Å². The van der Waals surface area contributed by atoms with E-state index < -0.39 is 0 Å². The van der Waals surface area contributed by atoms with Crippen molar-refractivity contribution >= 4 is 16.6 Å². The number of aromatic amines is 1. The summed E-state index contributed by atoms with van der Waals surface area (Å²) in [5.41, 5.74) is 3.08. The molecule has 0 aliphatic heterocycles. The summed E-state index contributed by atoms with van der Waals surface area (Å²) in [6.45, 7) is 2.05. The molecule has 0 spiro atoms. The van der Waals surface area contributed by atoms with Crippen LogP contribution in [0.4, 0.5) is 10.1 Å². The highest BCUT2D eigenvalue weighted by molar-refractivity contribution is 5.81. The summed E-state index contributed by atoms with van der Waals surface area (Å²) in [5.74, 6) is -0.212. The van der Waals surface area contributed by atoms with E-state index in [-0.39, 0.29) is 11.9 Å². The number of hydrogen-bond acceptors (Lipinski definition) is 2. The predicted octanol–water partition coefficient (Wildman–Crippen LogP) is 3.88. The fourth-order valence-electron chi connectivity index (χ4n) is 2.12. The van der Waals surface area contributed by atoms with Crippen LogP contribution in [-0.4, -0.2) is 10.2 Å². The lowest BCUT2D eigenvalue weighted by Gasteiger charge is -2.15. The molecule has 1 aromatic heterocycles. The molecule has 0 saturated heterocycles. The van der Waals surface area contributed by atoms with E-state index in [0.29, 0.717) is 0 Å². The molecule has 96 valence electrons. The minimum absolute atomic E-state index is 0.116. The molecule has 2 N–H and O–H groups in total. The number of rotatable bonds is 3. The van der Waals surface area contributed by atoms with Gasteiger partial charge in [0.2, 0.25) is 0 Å². The standard InChI is InChI=1S/C15H14FN3/c1-10(11-2-4-13(16)5-3-11)18-14-6-7-15-12(8-14)9-17-19-15/h2-10,18H,1H3,(H,17,19). The molecule has 1 unspecified atom stereocenters. The zero-order valence-electron chi connectivity index (χ0n) is 10.5. The second-order valence-corrected chi connectivity index (χ2v) is 4.59. The maximum absolute atomic E-state index is 12.9. The van der Waals surface area contributed by atoms with Gasteiger partial charge in [0, 0.05) is 17.1 Å². The molecule has 0 amide bonds.